The highest BCUT2D eigenvalue weighted by atomic mass is 32.1. The summed E-state index contributed by atoms with van der Waals surface area (Å²) in [6.07, 6.45) is 4.20. The zero-order chi connectivity index (χ0) is 17.4. The third kappa shape index (κ3) is 3.07. The molecule has 1 N–H and O–H groups in total. The van der Waals surface area contributed by atoms with Crippen molar-refractivity contribution in [2.24, 2.45) is 5.92 Å². The summed E-state index contributed by atoms with van der Waals surface area (Å²) in [6, 6.07) is 8.87. The molecule has 2 aromatic rings. The van der Waals surface area contributed by atoms with Crippen LogP contribution in [-0.4, -0.2) is 38.6 Å². The van der Waals surface area contributed by atoms with E-state index in [1.165, 1.54) is 6.20 Å². The first kappa shape index (κ1) is 16.0. The molecular formula is C18H18N4O2S. The maximum Gasteiger partial charge on any atom is 0.258 e. The van der Waals surface area contributed by atoms with E-state index in [0.29, 0.717) is 29.7 Å². The molecule has 2 atom stereocenters. The van der Waals surface area contributed by atoms with Crippen molar-refractivity contribution in [1.29, 1.82) is 0 Å². The van der Waals surface area contributed by atoms with Crippen LogP contribution < -0.4 is 10.9 Å². The van der Waals surface area contributed by atoms with E-state index in [2.05, 4.69) is 10.3 Å². The van der Waals surface area contributed by atoms with Crippen molar-refractivity contribution >= 4 is 23.2 Å². The zero-order valence-corrected chi connectivity index (χ0v) is 14.4. The molecule has 25 heavy (non-hydrogen) atoms. The van der Waals surface area contributed by atoms with Gasteiger partial charge in [-0.05, 0) is 42.8 Å². The number of amides is 1. The van der Waals surface area contributed by atoms with E-state index in [1.54, 1.807) is 24.4 Å². The molecule has 2 aliphatic heterocycles. The summed E-state index contributed by atoms with van der Waals surface area (Å²) in [6.45, 7) is 2.18. The summed E-state index contributed by atoms with van der Waals surface area (Å²) in [4.78, 5) is 30.4. The van der Waals surface area contributed by atoms with Crippen LogP contribution in [0.3, 0.4) is 0 Å². The monoisotopic (exact) mass is 354 g/mol. The normalized spacial score (nSPS) is 21.4. The number of pyridine rings is 2. The van der Waals surface area contributed by atoms with E-state index in [1.807, 2.05) is 21.6 Å². The molecule has 6 nitrogen and oxygen atoms in total. The van der Waals surface area contributed by atoms with Gasteiger partial charge in [0, 0.05) is 49.7 Å². The summed E-state index contributed by atoms with van der Waals surface area (Å²) in [7, 11) is 0. The number of carbonyl (C=O) groups is 1. The van der Waals surface area contributed by atoms with Crippen LogP contribution in [-0.2, 0) is 6.54 Å². The molecule has 0 spiro atoms. The lowest BCUT2D eigenvalue weighted by Gasteiger charge is -2.43. The van der Waals surface area contributed by atoms with Crippen LogP contribution in [0.4, 0.5) is 0 Å². The second-order valence-electron chi connectivity index (χ2n) is 6.60. The van der Waals surface area contributed by atoms with Gasteiger partial charge in [0.1, 0.15) is 0 Å². The summed E-state index contributed by atoms with van der Waals surface area (Å²) < 4.78 is 1.88. The van der Waals surface area contributed by atoms with Gasteiger partial charge in [-0.3, -0.25) is 19.9 Å². The molecule has 4 rings (SSSR count). The summed E-state index contributed by atoms with van der Waals surface area (Å²) in [5.74, 6) is 0.375. The number of likely N-dealkylation sites (tertiary alicyclic amines) is 1. The molecule has 7 heteroatoms. The predicted octanol–water partition coefficient (Wildman–Crippen LogP) is 1.38. The molecule has 128 valence electrons. The Morgan fingerprint density at radius 3 is 2.88 bits per heavy atom. The number of fused-ring (bicyclic) bond motifs is 4. The van der Waals surface area contributed by atoms with Gasteiger partial charge < -0.3 is 9.47 Å². The van der Waals surface area contributed by atoms with Gasteiger partial charge in [-0.25, -0.2) is 0 Å². The molecule has 0 aromatic carbocycles. The number of nitrogens with one attached hydrogen (secondary N) is 1. The van der Waals surface area contributed by atoms with Crippen LogP contribution in [0.25, 0.3) is 0 Å². The summed E-state index contributed by atoms with van der Waals surface area (Å²) in [5, 5.41) is 3.24. The van der Waals surface area contributed by atoms with E-state index in [4.69, 9.17) is 12.2 Å². The SMILES string of the molecule is O=C(NC(=S)N1C[C@@H]2C[C@@H](C1)c1cccc(=O)n1C2)c1cccnc1. The zero-order valence-electron chi connectivity index (χ0n) is 13.6. The number of piperidine rings is 1. The third-order valence-corrected chi connectivity index (χ3v) is 5.27. The maximum absolute atomic E-state index is 12.3. The molecule has 1 saturated heterocycles. The molecule has 4 heterocycles. The number of nitrogens with zero attached hydrogens (tertiary/aromatic N) is 3. The number of carbonyl (C=O) groups excluding carboxylic acids is 1. The minimum Gasteiger partial charge on any atom is -0.348 e. The molecule has 0 unspecified atom stereocenters. The molecular weight excluding hydrogens is 336 g/mol. The van der Waals surface area contributed by atoms with E-state index in [0.717, 1.165) is 18.7 Å². The van der Waals surface area contributed by atoms with Crippen molar-refractivity contribution in [2.75, 3.05) is 13.1 Å². The minimum absolute atomic E-state index is 0.0631. The van der Waals surface area contributed by atoms with Crippen molar-refractivity contribution < 1.29 is 4.79 Å². The van der Waals surface area contributed by atoms with Gasteiger partial charge in [0.15, 0.2) is 5.11 Å². The second-order valence-corrected chi connectivity index (χ2v) is 6.99. The van der Waals surface area contributed by atoms with Gasteiger partial charge in [0.25, 0.3) is 11.5 Å². The van der Waals surface area contributed by atoms with Crippen LogP contribution in [0.15, 0.2) is 47.5 Å². The number of hydrogen-bond donors (Lipinski definition) is 1. The molecule has 2 aromatic heterocycles. The lowest BCUT2D eigenvalue weighted by Crippen LogP contribution is -2.52. The van der Waals surface area contributed by atoms with Crippen LogP contribution in [0.2, 0.25) is 0 Å². The summed E-state index contributed by atoms with van der Waals surface area (Å²) >= 11 is 5.46. The smallest absolute Gasteiger partial charge is 0.258 e. The standard InChI is InChI=1S/C18H18N4O2S/c23-16-5-1-4-15-14-7-12(10-22(15)16)9-21(11-14)18(25)20-17(24)13-3-2-6-19-8-13/h1-6,8,12,14H,7,9-11H2,(H,20,24,25)/t12-,14-/m0/s1. The molecule has 1 amide bonds. The van der Waals surface area contributed by atoms with Gasteiger partial charge in [-0.15, -0.1) is 0 Å². The molecule has 0 aliphatic carbocycles. The number of rotatable bonds is 1. The Hall–Kier alpha value is -2.54. The predicted molar refractivity (Wildman–Crippen MR) is 97.4 cm³/mol. The lowest BCUT2D eigenvalue weighted by molar-refractivity contribution is 0.0967. The Balaban J connectivity index is 1.49. The Labute approximate surface area is 150 Å². The minimum atomic E-state index is -0.245. The lowest BCUT2D eigenvalue weighted by atomic mass is 9.83. The fourth-order valence-corrected chi connectivity index (χ4v) is 4.05. The Bertz CT molecular complexity index is 880. The highest BCUT2D eigenvalue weighted by Gasteiger charge is 2.35. The average molecular weight is 354 g/mol. The van der Waals surface area contributed by atoms with Gasteiger partial charge in [0.2, 0.25) is 0 Å². The van der Waals surface area contributed by atoms with Gasteiger partial charge in [-0.2, -0.15) is 0 Å². The van der Waals surface area contributed by atoms with Crippen LogP contribution in [0.1, 0.15) is 28.4 Å². The third-order valence-electron chi connectivity index (χ3n) is 4.91. The number of thiocarbonyl (C=S) groups is 1. The molecule has 0 saturated carbocycles. The number of aromatic nitrogens is 2. The summed E-state index contributed by atoms with van der Waals surface area (Å²) in [5.41, 5.74) is 1.61. The Morgan fingerprint density at radius 2 is 2.08 bits per heavy atom. The van der Waals surface area contributed by atoms with Crippen molar-refractivity contribution in [3.8, 4) is 0 Å². The van der Waals surface area contributed by atoms with E-state index < -0.39 is 0 Å². The van der Waals surface area contributed by atoms with Crippen LogP contribution in [0.5, 0.6) is 0 Å². The maximum atomic E-state index is 12.3. The first-order valence-electron chi connectivity index (χ1n) is 8.32. The van der Waals surface area contributed by atoms with Crippen molar-refractivity contribution in [2.45, 2.75) is 18.9 Å². The van der Waals surface area contributed by atoms with Crippen LogP contribution >= 0.6 is 12.2 Å². The van der Waals surface area contributed by atoms with Crippen molar-refractivity contribution in [1.82, 2.24) is 19.8 Å². The van der Waals surface area contributed by atoms with Crippen LogP contribution in [0, 0.1) is 5.92 Å². The highest BCUT2D eigenvalue weighted by molar-refractivity contribution is 7.80. The fourth-order valence-electron chi connectivity index (χ4n) is 3.81. The van der Waals surface area contributed by atoms with Gasteiger partial charge in [0.05, 0.1) is 5.56 Å². The van der Waals surface area contributed by atoms with Gasteiger partial charge >= 0.3 is 0 Å². The van der Waals surface area contributed by atoms with E-state index >= 15 is 0 Å². The Morgan fingerprint density at radius 1 is 1.20 bits per heavy atom. The number of hydrogen-bond acceptors (Lipinski definition) is 4. The first-order chi connectivity index (χ1) is 12.1. The average Bonchev–Trinajstić information content (AvgIpc) is 2.63. The Kier molecular flexibility index (Phi) is 4.09. The highest BCUT2D eigenvalue weighted by Crippen LogP contribution is 2.34. The first-order valence-corrected chi connectivity index (χ1v) is 8.72. The van der Waals surface area contributed by atoms with E-state index in [-0.39, 0.29) is 17.4 Å². The fraction of sp³-hybridized carbons (Fsp3) is 0.333. The second kappa shape index (κ2) is 6.40. The van der Waals surface area contributed by atoms with Crippen molar-refractivity contribution in [3.05, 3.63) is 64.3 Å². The topological polar surface area (TPSA) is 67.2 Å². The molecule has 2 aliphatic rings. The van der Waals surface area contributed by atoms with E-state index in [9.17, 15) is 9.59 Å². The van der Waals surface area contributed by atoms with Gasteiger partial charge in [-0.1, -0.05) is 6.07 Å². The quantitative estimate of drug-likeness (QED) is 0.784. The van der Waals surface area contributed by atoms with Crippen molar-refractivity contribution in [3.63, 3.8) is 0 Å². The largest absolute Gasteiger partial charge is 0.348 e. The molecule has 0 radical (unpaired) electrons. The molecule has 1 fully saturated rings. The molecule has 2 bridgehead atoms.